The Labute approximate surface area is 121 Å². The van der Waals surface area contributed by atoms with Crippen molar-refractivity contribution in [2.45, 2.75) is 25.8 Å². The smallest absolute Gasteiger partial charge is 0.119 e. The van der Waals surface area contributed by atoms with Gasteiger partial charge in [-0.2, -0.15) is 0 Å². The van der Waals surface area contributed by atoms with Gasteiger partial charge in [-0.1, -0.05) is 56.3 Å². The number of ether oxygens (including phenoxy) is 1. The van der Waals surface area contributed by atoms with Crippen molar-refractivity contribution in [3.05, 3.63) is 65.7 Å². The Bertz CT molecular complexity index is 522. The fourth-order valence-electron chi connectivity index (χ4n) is 2.17. The van der Waals surface area contributed by atoms with Gasteiger partial charge in [-0.15, -0.1) is 0 Å². The van der Waals surface area contributed by atoms with E-state index < -0.39 is 0 Å². The molecule has 0 fully saturated rings. The first kappa shape index (κ1) is 14.6. The van der Waals surface area contributed by atoms with Gasteiger partial charge >= 0.3 is 0 Å². The third-order valence-corrected chi connectivity index (χ3v) is 3.49. The zero-order valence-corrected chi connectivity index (χ0v) is 12.5. The van der Waals surface area contributed by atoms with E-state index in [0.29, 0.717) is 12.5 Å². The first-order valence-corrected chi connectivity index (χ1v) is 7.15. The number of hydrogen-bond donors (Lipinski definition) is 1. The highest BCUT2D eigenvalue weighted by atomic mass is 16.5. The van der Waals surface area contributed by atoms with Crippen LogP contribution in [0.5, 0.6) is 5.75 Å². The molecule has 0 radical (unpaired) electrons. The van der Waals surface area contributed by atoms with Crippen LogP contribution in [0.4, 0.5) is 0 Å². The Kier molecular flexibility index (Phi) is 5.19. The SMILES string of the molecule is CNC(COc1cccc(C(C)C)c1)c1ccccc1. The normalized spacial score (nSPS) is 12.4. The molecule has 0 aromatic heterocycles. The molecule has 2 aromatic rings. The minimum absolute atomic E-state index is 0.207. The van der Waals surface area contributed by atoms with E-state index in [1.54, 1.807) is 0 Å². The van der Waals surface area contributed by atoms with Crippen LogP contribution < -0.4 is 10.1 Å². The average molecular weight is 269 g/mol. The molecule has 2 aromatic carbocycles. The van der Waals surface area contributed by atoms with E-state index in [2.05, 4.69) is 61.6 Å². The lowest BCUT2D eigenvalue weighted by atomic mass is 10.0. The maximum absolute atomic E-state index is 5.94. The monoisotopic (exact) mass is 269 g/mol. The molecule has 0 aliphatic heterocycles. The lowest BCUT2D eigenvalue weighted by Crippen LogP contribution is -2.23. The highest BCUT2D eigenvalue weighted by molar-refractivity contribution is 5.30. The van der Waals surface area contributed by atoms with Crippen molar-refractivity contribution in [2.75, 3.05) is 13.7 Å². The average Bonchev–Trinajstić information content (AvgIpc) is 2.49. The summed E-state index contributed by atoms with van der Waals surface area (Å²) < 4.78 is 5.94. The molecule has 0 saturated carbocycles. The zero-order chi connectivity index (χ0) is 14.4. The molecule has 1 N–H and O–H groups in total. The standard InChI is InChI=1S/C18H23NO/c1-14(2)16-10-7-11-17(12-16)20-13-18(19-3)15-8-5-4-6-9-15/h4-12,14,18-19H,13H2,1-3H3. The Hall–Kier alpha value is -1.80. The van der Waals surface area contributed by atoms with Crippen molar-refractivity contribution in [2.24, 2.45) is 0 Å². The van der Waals surface area contributed by atoms with E-state index >= 15 is 0 Å². The van der Waals surface area contributed by atoms with Crippen molar-refractivity contribution >= 4 is 0 Å². The van der Waals surface area contributed by atoms with Gasteiger partial charge in [0.05, 0.1) is 6.04 Å². The van der Waals surface area contributed by atoms with E-state index in [4.69, 9.17) is 4.74 Å². The van der Waals surface area contributed by atoms with E-state index in [1.807, 2.05) is 19.2 Å². The van der Waals surface area contributed by atoms with Gasteiger partial charge in [0.15, 0.2) is 0 Å². The first-order chi connectivity index (χ1) is 9.70. The fourth-order valence-corrected chi connectivity index (χ4v) is 2.17. The minimum atomic E-state index is 0.207. The maximum Gasteiger partial charge on any atom is 0.119 e. The van der Waals surface area contributed by atoms with Gasteiger partial charge in [-0.05, 0) is 36.2 Å². The van der Waals surface area contributed by atoms with Crippen molar-refractivity contribution in [1.29, 1.82) is 0 Å². The molecule has 0 spiro atoms. The molecule has 1 unspecified atom stereocenters. The maximum atomic E-state index is 5.94. The second-order valence-electron chi connectivity index (χ2n) is 5.29. The number of hydrogen-bond acceptors (Lipinski definition) is 2. The molecule has 2 nitrogen and oxygen atoms in total. The number of nitrogens with one attached hydrogen (secondary N) is 1. The van der Waals surface area contributed by atoms with Gasteiger partial charge in [0.25, 0.3) is 0 Å². The molecule has 2 rings (SSSR count). The van der Waals surface area contributed by atoms with E-state index in [1.165, 1.54) is 11.1 Å². The second-order valence-corrected chi connectivity index (χ2v) is 5.29. The van der Waals surface area contributed by atoms with Crippen LogP contribution in [0.2, 0.25) is 0 Å². The minimum Gasteiger partial charge on any atom is -0.492 e. The molecular formula is C18H23NO. The van der Waals surface area contributed by atoms with E-state index in [0.717, 1.165) is 5.75 Å². The molecule has 1 atom stereocenters. The Morgan fingerprint density at radius 3 is 2.30 bits per heavy atom. The topological polar surface area (TPSA) is 21.3 Å². The summed E-state index contributed by atoms with van der Waals surface area (Å²) in [5.41, 5.74) is 2.55. The predicted octanol–water partition coefficient (Wildman–Crippen LogP) is 4.15. The first-order valence-electron chi connectivity index (χ1n) is 7.15. The van der Waals surface area contributed by atoms with Crippen molar-refractivity contribution < 1.29 is 4.74 Å². The largest absolute Gasteiger partial charge is 0.492 e. The zero-order valence-electron chi connectivity index (χ0n) is 12.5. The van der Waals surface area contributed by atoms with Gasteiger partial charge in [0.1, 0.15) is 12.4 Å². The number of rotatable bonds is 6. The third kappa shape index (κ3) is 3.84. The van der Waals surface area contributed by atoms with Gasteiger partial charge in [-0.25, -0.2) is 0 Å². The lowest BCUT2D eigenvalue weighted by Gasteiger charge is -2.18. The van der Waals surface area contributed by atoms with Crippen LogP contribution in [0, 0.1) is 0 Å². The van der Waals surface area contributed by atoms with Crippen LogP contribution in [0.15, 0.2) is 54.6 Å². The number of benzene rings is 2. The summed E-state index contributed by atoms with van der Waals surface area (Å²) in [5.74, 6) is 1.46. The molecule has 0 amide bonds. The van der Waals surface area contributed by atoms with Crippen LogP contribution in [0.3, 0.4) is 0 Å². The van der Waals surface area contributed by atoms with Crippen molar-refractivity contribution in [3.63, 3.8) is 0 Å². The number of likely N-dealkylation sites (N-methyl/N-ethyl adjacent to an activating group) is 1. The Morgan fingerprint density at radius 2 is 1.65 bits per heavy atom. The summed E-state index contributed by atoms with van der Waals surface area (Å²) >= 11 is 0. The van der Waals surface area contributed by atoms with Crippen LogP contribution in [0.25, 0.3) is 0 Å². The quantitative estimate of drug-likeness (QED) is 0.850. The third-order valence-electron chi connectivity index (χ3n) is 3.49. The molecule has 0 bridgehead atoms. The van der Waals surface area contributed by atoms with Crippen molar-refractivity contribution in [1.82, 2.24) is 5.32 Å². The van der Waals surface area contributed by atoms with Crippen LogP contribution in [-0.2, 0) is 0 Å². The van der Waals surface area contributed by atoms with E-state index in [-0.39, 0.29) is 6.04 Å². The lowest BCUT2D eigenvalue weighted by molar-refractivity contribution is 0.273. The highest BCUT2D eigenvalue weighted by Crippen LogP contribution is 2.21. The van der Waals surface area contributed by atoms with Crippen LogP contribution >= 0.6 is 0 Å². The fraction of sp³-hybridized carbons (Fsp3) is 0.333. The summed E-state index contributed by atoms with van der Waals surface area (Å²) in [5, 5.41) is 3.30. The molecule has 0 saturated heterocycles. The van der Waals surface area contributed by atoms with Gasteiger partial charge in [0, 0.05) is 0 Å². The Balaban J connectivity index is 2.02. The molecule has 2 heteroatoms. The van der Waals surface area contributed by atoms with Crippen LogP contribution in [0.1, 0.15) is 36.9 Å². The summed E-state index contributed by atoms with van der Waals surface area (Å²) in [4.78, 5) is 0. The summed E-state index contributed by atoms with van der Waals surface area (Å²) in [6, 6.07) is 18.9. The molecule has 0 heterocycles. The summed E-state index contributed by atoms with van der Waals surface area (Å²) in [7, 11) is 1.96. The molecule has 106 valence electrons. The molecule has 0 aliphatic rings. The molecule has 20 heavy (non-hydrogen) atoms. The summed E-state index contributed by atoms with van der Waals surface area (Å²) in [6.45, 7) is 5.01. The second kappa shape index (κ2) is 7.11. The Morgan fingerprint density at radius 1 is 0.950 bits per heavy atom. The summed E-state index contributed by atoms with van der Waals surface area (Å²) in [6.07, 6.45) is 0. The van der Waals surface area contributed by atoms with Gasteiger partial charge in [0.2, 0.25) is 0 Å². The predicted molar refractivity (Wildman–Crippen MR) is 84.3 cm³/mol. The van der Waals surface area contributed by atoms with Crippen molar-refractivity contribution in [3.8, 4) is 5.75 Å². The van der Waals surface area contributed by atoms with E-state index in [9.17, 15) is 0 Å². The molecule has 0 aliphatic carbocycles. The molecular weight excluding hydrogens is 246 g/mol. The van der Waals surface area contributed by atoms with Crippen LogP contribution in [-0.4, -0.2) is 13.7 Å². The highest BCUT2D eigenvalue weighted by Gasteiger charge is 2.09. The van der Waals surface area contributed by atoms with Gasteiger partial charge < -0.3 is 10.1 Å². The van der Waals surface area contributed by atoms with Gasteiger partial charge in [-0.3, -0.25) is 0 Å².